The first-order chi connectivity index (χ1) is 6.65. The standard InChI is InChI=1S/C11H15N3.2ClH/c1-7(2)5-11-13-9-4-3-8(12)6-10(9)14-11;;/h3-4,6-7H,5,12H2,1-2H3,(H,13,14);2*1H/p-2. The maximum absolute atomic E-state index is 5.69. The Morgan fingerprint density at radius 2 is 2.00 bits per heavy atom. The molecule has 0 atom stereocenters. The van der Waals surface area contributed by atoms with Crippen LogP contribution in [0.3, 0.4) is 0 Å². The van der Waals surface area contributed by atoms with Crippen LogP contribution in [-0.4, -0.2) is 9.97 Å². The van der Waals surface area contributed by atoms with E-state index in [1.54, 1.807) is 0 Å². The zero-order valence-corrected chi connectivity index (χ0v) is 10.8. The molecule has 1 aromatic carbocycles. The molecule has 0 aliphatic rings. The summed E-state index contributed by atoms with van der Waals surface area (Å²) in [6.45, 7) is 4.36. The molecule has 0 aliphatic carbocycles. The number of aromatic nitrogens is 2. The monoisotopic (exact) mass is 259 g/mol. The second-order valence-electron chi connectivity index (χ2n) is 4.06. The summed E-state index contributed by atoms with van der Waals surface area (Å²) in [5, 5.41) is 0. The third-order valence-corrected chi connectivity index (χ3v) is 2.16. The van der Waals surface area contributed by atoms with Crippen LogP contribution in [0.25, 0.3) is 11.0 Å². The van der Waals surface area contributed by atoms with Gasteiger partial charge in [-0.3, -0.25) is 0 Å². The van der Waals surface area contributed by atoms with E-state index in [4.69, 9.17) is 5.73 Å². The van der Waals surface area contributed by atoms with Crippen LogP contribution < -0.4 is 30.5 Å². The fourth-order valence-corrected chi connectivity index (χ4v) is 1.56. The van der Waals surface area contributed by atoms with Gasteiger partial charge in [0.05, 0.1) is 11.0 Å². The summed E-state index contributed by atoms with van der Waals surface area (Å²) in [5.41, 5.74) is 8.49. The van der Waals surface area contributed by atoms with Gasteiger partial charge in [-0.1, -0.05) is 13.8 Å². The smallest absolute Gasteiger partial charge is 0.107 e. The summed E-state index contributed by atoms with van der Waals surface area (Å²) < 4.78 is 0. The van der Waals surface area contributed by atoms with E-state index in [0.717, 1.165) is 29.0 Å². The number of hydrogen-bond donors (Lipinski definition) is 2. The van der Waals surface area contributed by atoms with Crippen molar-refractivity contribution < 1.29 is 24.8 Å². The van der Waals surface area contributed by atoms with E-state index >= 15 is 0 Å². The van der Waals surface area contributed by atoms with Crippen molar-refractivity contribution in [2.45, 2.75) is 20.3 Å². The fraction of sp³-hybridized carbons (Fsp3) is 0.364. The highest BCUT2D eigenvalue weighted by Crippen LogP contribution is 2.16. The number of H-pyrrole nitrogens is 1. The molecule has 3 nitrogen and oxygen atoms in total. The molecule has 16 heavy (non-hydrogen) atoms. The van der Waals surface area contributed by atoms with Crippen LogP contribution in [0.4, 0.5) is 5.69 Å². The van der Waals surface area contributed by atoms with Crippen LogP contribution in [0.1, 0.15) is 19.7 Å². The summed E-state index contributed by atoms with van der Waals surface area (Å²) in [6.07, 6.45) is 0.981. The zero-order valence-electron chi connectivity index (χ0n) is 9.30. The lowest BCUT2D eigenvalue weighted by Gasteiger charge is -1.98. The first-order valence-corrected chi connectivity index (χ1v) is 4.89. The van der Waals surface area contributed by atoms with Gasteiger partial charge in [-0.15, -0.1) is 0 Å². The quantitative estimate of drug-likeness (QED) is 0.547. The number of aromatic amines is 1. The van der Waals surface area contributed by atoms with Gasteiger partial charge in [-0.2, -0.15) is 0 Å². The molecule has 5 heteroatoms. The molecule has 0 radical (unpaired) electrons. The van der Waals surface area contributed by atoms with Crippen molar-refractivity contribution in [3.63, 3.8) is 0 Å². The Morgan fingerprint density at radius 3 is 2.62 bits per heavy atom. The van der Waals surface area contributed by atoms with Crippen LogP contribution in [-0.2, 0) is 6.42 Å². The third-order valence-electron chi connectivity index (χ3n) is 2.16. The largest absolute Gasteiger partial charge is 1.00 e. The summed E-state index contributed by atoms with van der Waals surface area (Å²) in [5.74, 6) is 1.66. The van der Waals surface area contributed by atoms with E-state index in [0.29, 0.717) is 5.92 Å². The highest BCUT2D eigenvalue weighted by atomic mass is 35.5. The molecule has 0 spiro atoms. The minimum Gasteiger partial charge on any atom is -1.00 e. The van der Waals surface area contributed by atoms with Crippen LogP contribution in [0.2, 0.25) is 0 Å². The van der Waals surface area contributed by atoms with Gasteiger partial charge in [0, 0.05) is 12.1 Å². The summed E-state index contributed by atoms with van der Waals surface area (Å²) >= 11 is 0. The number of nitrogens with zero attached hydrogens (tertiary/aromatic N) is 1. The number of nitrogens with one attached hydrogen (secondary N) is 1. The normalized spacial score (nSPS) is 9.94. The molecule has 1 aromatic heterocycles. The zero-order chi connectivity index (χ0) is 10.1. The first-order valence-electron chi connectivity index (χ1n) is 4.89. The second kappa shape index (κ2) is 5.97. The van der Waals surface area contributed by atoms with Crippen LogP contribution >= 0.6 is 0 Å². The number of halogens is 2. The van der Waals surface area contributed by atoms with E-state index in [-0.39, 0.29) is 24.8 Å². The minimum absolute atomic E-state index is 0. The molecule has 0 saturated carbocycles. The maximum Gasteiger partial charge on any atom is 0.107 e. The average molecular weight is 260 g/mol. The second-order valence-corrected chi connectivity index (χ2v) is 4.06. The lowest BCUT2D eigenvalue weighted by molar-refractivity contribution is -0.001000. The van der Waals surface area contributed by atoms with Gasteiger partial charge in [-0.25, -0.2) is 4.98 Å². The topological polar surface area (TPSA) is 54.7 Å². The number of anilines is 1. The van der Waals surface area contributed by atoms with Gasteiger partial charge in [0.15, 0.2) is 0 Å². The van der Waals surface area contributed by atoms with Crippen molar-refractivity contribution in [2.75, 3.05) is 5.73 Å². The molecular formula is C11H15Cl2N3-2. The minimum atomic E-state index is 0. The number of rotatable bonds is 2. The van der Waals surface area contributed by atoms with Crippen molar-refractivity contribution in [1.29, 1.82) is 0 Å². The first kappa shape index (κ1) is 15.1. The van der Waals surface area contributed by atoms with E-state index in [1.165, 1.54) is 0 Å². The van der Waals surface area contributed by atoms with Gasteiger partial charge in [0.25, 0.3) is 0 Å². The van der Waals surface area contributed by atoms with Gasteiger partial charge < -0.3 is 35.5 Å². The molecule has 2 rings (SSSR count). The molecule has 1 heterocycles. The summed E-state index contributed by atoms with van der Waals surface area (Å²) in [6, 6.07) is 5.75. The predicted octanol–water partition coefficient (Wildman–Crippen LogP) is -3.65. The van der Waals surface area contributed by atoms with E-state index in [9.17, 15) is 0 Å². The van der Waals surface area contributed by atoms with E-state index in [1.807, 2.05) is 18.2 Å². The Balaban J connectivity index is 0.00000112. The van der Waals surface area contributed by atoms with Crippen LogP contribution in [0, 0.1) is 5.92 Å². The molecule has 90 valence electrons. The van der Waals surface area contributed by atoms with Crippen molar-refractivity contribution >= 4 is 16.7 Å². The van der Waals surface area contributed by atoms with Crippen LogP contribution in [0.15, 0.2) is 18.2 Å². The average Bonchev–Trinajstić information content (AvgIpc) is 2.44. The van der Waals surface area contributed by atoms with E-state index in [2.05, 4.69) is 23.8 Å². The van der Waals surface area contributed by atoms with Gasteiger partial charge in [0.1, 0.15) is 5.82 Å². The molecule has 0 saturated heterocycles. The predicted molar refractivity (Wildman–Crippen MR) is 59.0 cm³/mol. The Labute approximate surface area is 108 Å². The Hall–Kier alpha value is -0.930. The van der Waals surface area contributed by atoms with Crippen molar-refractivity contribution in [2.24, 2.45) is 5.92 Å². The molecule has 0 amide bonds. The Morgan fingerprint density at radius 1 is 1.31 bits per heavy atom. The highest BCUT2D eigenvalue weighted by Gasteiger charge is 2.04. The van der Waals surface area contributed by atoms with E-state index < -0.39 is 0 Å². The molecule has 3 N–H and O–H groups in total. The molecule has 0 bridgehead atoms. The molecule has 0 aliphatic heterocycles. The molecule has 2 aromatic rings. The third kappa shape index (κ3) is 3.29. The number of imidazole rings is 1. The number of nitrogen functional groups attached to an aromatic ring is 1. The lowest BCUT2D eigenvalue weighted by atomic mass is 10.1. The highest BCUT2D eigenvalue weighted by molar-refractivity contribution is 5.78. The maximum atomic E-state index is 5.69. The van der Waals surface area contributed by atoms with Crippen molar-refractivity contribution in [1.82, 2.24) is 9.97 Å². The SMILES string of the molecule is CC(C)Cc1nc2ccc(N)cc2[nH]1.[Cl-].[Cl-]. The number of nitrogens with two attached hydrogens (primary N) is 1. The molecule has 0 unspecified atom stereocenters. The Bertz CT molecular complexity index is 451. The van der Waals surface area contributed by atoms with Gasteiger partial charge >= 0.3 is 0 Å². The Kier molecular flexibility index (Phi) is 5.62. The fourth-order valence-electron chi connectivity index (χ4n) is 1.56. The molecule has 0 fully saturated rings. The van der Waals surface area contributed by atoms with Crippen molar-refractivity contribution in [3.05, 3.63) is 24.0 Å². The summed E-state index contributed by atoms with van der Waals surface area (Å²) in [7, 11) is 0. The molecular weight excluding hydrogens is 245 g/mol. The summed E-state index contributed by atoms with van der Waals surface area (Å²) in [4.78, 5) is 7.76. The van der Waals surface area contributed by atoms with Crippen LogP contribution in [0.5, 0.6) is 0 Å². The van der Waals surface area contributed by atoms with Gasteiger partial charge in [0.2, 0.25) is 0 Å². The number of benzene rings is 1. The van der Waals surface area contributed by atoms with Gasteiger partial charge in [-0.05, 0) is 24.1 Å². The number of fused-ring (bicyclic) bond motifs is 1. The lowest BCUT2D eigenvalue weighted by Crippen LogP contribution is -3.00. The number of hydrogen-bond acceptors (Lipinski definition) is 2. The van der Waals surface area contributed by atoms with Crippen molar-refractivity contribution in [3.8, 4) is 0 Å².